The average Bonchev–Trinajstić information content (AvgIpc) is 2.48. The van der Waals surface area contributed by atoms with E-state index in [1.165, 1.54) is 5.56 Å². The summed E-state index contributed by atoms with van der Waals surface area (Å²) < 4.78 is 5.95. The Balaban J connectivity index is 1.80. The van der Waals surface area contributed by atoms with Crippen molar-refractivity contribution in [2.24, 2.45) is 0 Å². The van der Waals surface area contributed by atoms with E-state index in [9.17, 15) is 0 Å². The molecule has 3 heteroatoms. The molecule has 0 aliphatic carbocycles. The number of aryl methyl sites for hydroxylation is 1. The summed E-state index contributed by atoms with van der Waals surface area (Å²) in [4.78, 5) is 0. The Morgan fingerprint density at radius 3 is 2.55 bits per heavy atom. The smallest absolute Gasteiger partial charge is 0.0922 e. The molecular formula is C17H18BrClO. The number of rotatable bonds is 7. The molecule has 1 unspecified atom stereocenters. The number of halogens is 2. The lowest BCUT2D eigenvalue weighted by atomic mass is 10.1. The largest absolute Gasteiger partial charge is 0.373 e. The van der Waals surface area contributed by atoms with E-state index in [1.807, 2.05) is 24.3 Å². The van der Waals surface area contributed by atoms with Crippen LogP contribution in [0, 0.1) is 0 Å². The molecule has 0 amide bonds. The summed E-state index contributed by atoms with van der Waals surface area (Å²) in [5.74, 6) is 0. The van der Waals surface area contributed by atoms with E-state index in [-0.39, 0.29) is 6.10 Å². The highest BCUT2D eigenvalue weighted by Crippen LogP contribution is 2.23. The van der Waals surface area contributed by atoms with E-state index in [4.69, 9.17) is 16.3 Å². The lowest BCUT2D eigenvalue weighted by Gasteiger charge is -2.16. The Bertz CT molecular complexity index is 515. The molecule has 0 saturated carbocycles. The van der Waals surface area contributed by atoms with E-state index >= 15 is 0 Å². The van der Waals surface area contributed by atoms with Crippen molar-refractivity contribution in [3.63, 3.8) is 0 Å². The number of alkyl halides is 1. The molecule has 0 spiro atoms. The van der Waals surface area contributed by atoms with Gasteiger partial charge in [-0.05, 0) is 36.1 Å². The van der Waals surface area contributed by atoms with Crippen molar-refractivity contribution >= 4 is 27.5 Å². The monoisotopic (exact) mass is 352 g/mol. The highest BCUT2D eigenvalue weighted by molar-refractivity contribution is 9.09. The van der Waals surface area contributed by atoms with Crippen LogP contribution in [0.3, 0.4) is 0 Å². The Labute approximate surface area is 134 Å². The number of hydrogen-bond acceptors (Lipinski definition) is 1. The lowest BCUT2D eigenvalue weighted by Crippen LogP contribution is -2.07. The second-order valence-corrected chi connectivity index (χ2v) is 5.74. The van der Waals surface area contributed by atoms with Crippen molar-refractivity contribution in [1.82, 2.24) is 0 Å². The lowest BCUT2D eigenvalue weighted by molar-refractivity contribution is 0.0682. The van der Waals surface area contributed by atoms with E-state index in [2.05, 4.69) is 46.3 Å². The van der Waals surface area contributed by atoms with E-state index < -0.39 is 0 Å². The molecule has 0 aliphatic heterocycles. The Hall–Kier alpha value is -0.830. The van der Waals surface area contributed by atoms with Crippen molar-refractivity contribution in [1.29, 1.82) is 0 Å². The Morgan fingerprint density at radius 2 is 1.85 bits per heavy atom. The predicted molar refractivity (Wildman–Crippen MR) is 88.7 cm³/mol. The molecule has 2 rings (SSSR count). The van der Waals surface area contributed by atoms with E-state index in [1.54, 1.807) is 0 Å². The summed E-state index contributed by atoms with van der Waals surface area (Å²) in [6.07, 6.45) is 2.13. The van der Waals surface area contributed by atoms with Gasteiger partial charge in [-0.25, -0.2) is 0 Å². The van der Waals surface area contributed by atoms with Crippen LogP contribution < -0.4 is 0 Å². The molecule has 1 nitrogen and oxygen atoms in total. The topological polar surface area (TPSA) is 9.23 Å². The van der Waals surface area contributed by atoms with Crippen LogP contribution in [0.1, 0.15) is 23.7 Å². The minimum Gasteiger partial charge on any atom is -0.373 e. The van der Waals surface area contributed by atoms with Crippen molar-refractivity contribution in [3.05, 3.63) is 70.7 Å². The van der Waals surface area contributed by atoms with Crippen LogP contribution in [-0.2, 0) is 11.2 Å². The van der Waals surface area contributed by atoms with Gasteiger partial charge >= 0.3 is 0 Å². The Kier molecular flexibility index (Phi) is 6.58. The van der Waals surface area contributed by atoms with Crippen LogP contribution in [0.25, 0.3) is 0 Å². The summed E-state index contributed by atoms with van der Waals surface area (Å²) in [6, 6.07) is 18.3. The van der Waals surface area contributed by atoms with Crippen LogP contribution in [0.4, 0.5) is 0 Å². The molecule has 2 aromatic carbocycles. The van der Waals surface area contributed by atoms with Gasteiger partial charge in [-0.2, -0.15) is 0 Å². The zero-order valence-electron chi connectivity index (χ0n) is 11.3. The predicted octanol–water partition coefficient (Wildman–Crippen LogP) is 5.43. The summed E-state index contributed by atoms with van der Waals surface area (Å²) in [7, 11) is 0. The second kappa shape index (κ2) is 8.46. The third kappa shape index (κ3) is 4.93. The van der Waals surface area contributed by atoms with Gasteiger partial charge in [0.25, 0.3) is 0 Å². The molecule has 20 heavy (non-hydrogen) atoms. The summed E-state index contributed by atoms with van der Waals surface area (Å²) in [5, 5.41) is 1.53. The molecule has 0 radical (unpaired) electrons. The molecule has 106 valence electrons. The van der Waals surface area contributed by atoms with Crippen LogP contribution in [-0.4, -0.2) is 11.9 Å². The maximum absolute atomic E-state index is 6.02. The quantitative estimate of drug-likeness (QED) is 0.476. The number of hydrogen-bond donors (Lipinski definition) is 0. The zero-order chi connectivity index (χ0) is 14.2. The third-order valence-electron chi connectivity index (χ3n) is 3.13. The first kappa shape index (κ1) is 15.6. The molecule has 2 aromatic rings. The molecule has 0 N–H and O–H groups in total. The normalized spacial score (nSPS) is 12.3. The maximum atomic E-state index is 6.02. The van der Waals surface area contributed by atoms with Gasteiger partial charge in [-0.15, -0.1) is 0 Å². The SMILES string of the molecule is Clc1cccc(C(CBr)OCCCc2ccccc2)c1. The molecule has 0 heterocycles. The number of ether oxygens (including phenoxy) is 1. The van der Waals surface area contributed by atoms with Gasteiger partial charge in [-0.1, -0.05) is 70.0 Å². The highest BCUT2D eigenvalue weighted by atomic mass is 79.9. The molecule has 0 aromatic heterocycles. The molecule has 0 saturated heterocycles. The van der Waals surface area contributed by atoms with E-state index in [0.29, 0.717) is 0 Å². The van der Waals surface area contributed by atoms with Gasteiger partial charge in [0.1, 0.15) is 0 Å². The van der Waals surface area contributed by atoms with Crippen LogP contribution >= 0.6 is 27.5 Å². The molecular weight excluding hydrogens is 336 g/mol. The van der Waals surface area contributed by atoms with Gasteiger partial charge in [0.2, 0.25) is 0 Å². The van der Waals surface area contributed by atoms with Crippen molar-refractivity contribution in [2.75, 3.05) is 11.9 Å². The van der Waals surface area contributed by atoms with Crippen molar-refractivity contribution < 1.29 is 4.74 Å². The van der Waals surface area contributed by atoms with Crippen LogP contribution in [0.5, 0.6) is 0 Å². The van der Waals surface area contributed by atoms with Gasteiger partial charge in [0, 0.05) is 17.0 Å². The van der Waals surface area contributed by atoms with Crippen molar-refractivity contribution in [2.45, 2.75) is 18.9 Å². The molecule has 0 bridgehead atoms. The fourth-order valence-corrected chi connectivity index (χ4v) is 2.84. The molecule has 1 atom stereocenters. The zero-order valence-corrected chi connectivity index (χ0v) is 13.6. The second-order valence-electron chi connectivity index (χ2n) is 4.66. The van der Waals surface area contributed by atoms with E-state index in [0.717, 1.165) is 35.4 Å². The third-order valence-corrected chi connectivity index (χ3v) is 3.96. The average molecular weight is 354 g/mol. The summed E-state index contributed by atoms with van der Waals surface area (Å²) in [6.45, 7) is 0.748. The standard InChI is InChI=1S/C17H18BrClO/c18-13-17(15-9-4-10-16(19)12-15)20-11-5-8-14-6-2-1-3-7-14/h1-4,6-7,9-10,12,17H,5,8,11,13H2. The molecule has 0 fully saturated rings. The van der Waals surface area contributed by atoms with Gasteiger partial charge < -0.3 is 4.74 Å². The first-order valence-electron chi connectivity index (χ1n) is 6.76. The fourth-order valence-electron chi connectivity index (χ4n) is 2.08. The van der Waals surface area contributed by atoms with Crippen LogP contribution in [0.2, 0.25) is 5.02 Å². The first-order chi connectivity index (χ1) is 9.79. The van der Waals surface area contributed by atoms with Crippen LogP contribution in [0.15, 0.2) is 54.6 Å². The van der Waals surface area contributed by atoms with Gasteiger partial charge in [0.05, 0.1) is 6.10 Å². The first-order valence-corrected chi connectivity index (χ1v) is 8.26. The Morgan fingerprint density at radius 1 is 1.05 bits per heavy atom. The maximum Gasteiger partial charge on any atom is 0.0922 e. The summed E-state index contributed by atoms with van der Waals surface area (Å²) >= 11 is 9.52. The van der Waals surface area contributed by atoms with Gasteiger partial charge in [0.15, 0.2) is 0 Å². The molecule has 0 aliphatic rings. The minimum absolute atomic E-state index is 0.0597. The number of benzene rings is 2. The van der Waals surface area contributed by atoms with Crippen molar-refractivity contribution in [3.8, 4) is 0 Å². The minimum atomic E-state index is 0.0597. The van der Waals surface area contributed by atoms with Gasteiger partial charge in [-0.3, -0.25) is 0 Å². The fraction of sp³-hybridized carbons (Fsp3) is 0.294. The highest BCUT2D eigenvalue weighted by Gasteiger charge is 2.10. The summed E-state index contributed by atoms with van der Waals surface area (Å²) in [5.41, 5.74) is 2.48.